The van der Waals surface area contributed by atoms with Gasteiger partial charge in [-0.1, -0.05) is 0 Å². The number of nitrogens with one attached hydrogen (secondary N) is 2. The predicted octanol–water partition coefficient (Wildman–Crippen LogP) is 3.56. The van der Waals surface area contributed by atoms with Gasteiger partial charge in [-0.05, 0) is 44.2 Å². The molecule has 1 fully saturated rings. The molecule has 1 aliphatic heterocycles. The zero-order chi connectivity index (χ0) is 21.3. The van der Waals surface area contributed by atoms with Crippen molar-refractivity contribution in [2.24, 2.45) is 5.92 Å². The SMILES string of the molecule is CCNc1cc(N2CCCC(CCC(=O)Nc3ccc(OC)cc3OC)C2)ncn1. The van der Waals surface area contributed by atoms with Crippen molar-refractivity contribution in [1.29, 1.82) is 0 Å². The van der Waals surface area contributed by atoms with E-state index in [0.717, 1.165) is 50.5 Å². The van der Waals surface area contributed by atoms with Gasteiger partial charge in [0.05, 0.1) is 19.9 Å². The molecule has 8 nitrogen and oxygen atoms in total. The number of piperidine rings is 1. The molecule has 0 spiro atoms. The highest BCUT2D eigenvalue weighted by atomic mass is 16.5. The second-order valence-electron chi connectivity index (χ2n) is 7.40. The van der Waals surface area contributed by atoms with Gasteiger partial charge in [0.25, 0.3) is 0 Å². The van der Waals surface area contributed by atoms with Crippen LogP contribution in [-0.2, 0) is 4.79 Å². The minimum Gasteiger partial charge on any atom is -0.497 e. The molecule has 2 heterocycles. The quantitative estimate of drug-likeness (QED) is 0.650. The summed E-state index contributed by atoms with van der Waals surface area (Å²) in [7, 11) is 3.18. The van der Waals surface area contributed by atoms with Crippen LogP contribution in [0.3, 0.4) is 0 Å². The number of amides is 1. The maximum Gasteiger partial charge on any atom is 0.224 e. The number of anilines is 3. The number of nitrogens with zero attached hydrogens (tertiary/aromatic N) is 3. The molecule has 1 atom stereocenters. The molecule has 2 aromatic rings. The van der Waals surface area contributed by atoms with Crippen LogP contribution >= 0.6 is 0 Å². The Kier molecular flexibility index (Phi) is 7.70. The molecule has 1 aromatic heterocycles. The van der Waals surface area contributed by atoms with E-state index in [9.17, 15) is 4.79 Å². The lowest BCUT2D eigenvalue weighted by Gasteiger charge is -2.33. The Morgan fingerprint density at radius 3 is 2.87 bits per heavy atom. The Balaban J connectivity index is 1.53. The standard InChI is InChI=1S/C22H31N5O3/c1-4-23-20-13-21(25-15-24-20)27-11-5-6-16(14-27)7-10-22(28)26-18-9-8-17(29-2)12-19(18)30-3/h8-9,12-13,15-16H,4-7,10-11,14H2,1-3H3,(H,26,28)(H,23,24,25). The molecular formula is C22H31N5O3. The third-order valence-corrected chi connectivity index (χ3v) is 5.32. The van der Waals surface area contributed by atoms with Crippen LogP contribution in [0.4, 0.5) is 17.3 Å². The molecule has 1 aromatic carbocycles. The number of methoxy groups -OCH3 is 2. The molecule has 8 heteroatoms. The van der Waals surface area contributed by atoms with Crippen molar-refractivity contribution in [2.75, 3.05) is 49.4 Å². The minimum atomic E-state index is -0.00735. The first kappa shape index (κ1) is 21.7. The van der Waals surface area contributed by atoms with Crippen molar-refractivity contribution < 1.29 is 14.3 Å². The maximum absolute atomic E-state index is 12.5. The molecule has 2 N–H and O–H groups in total. The van der Waals surface area contributed by atoms with Crippen molar-refractivity contribution in [3.05, 3.63) is 30.6 Å². The van der Waals surface area contributed by atoms with Crippen molar-refractivity contribution in [3.8, 4) is 11.5 Å². The second kappa shape index (κ2) is 10.7. The van der Waals surface area contributed by atoms with Crippen LogP contribution in [-0.4, -0.2) is 49.7 Å². The van der Waals surface area contributed by atoms with Gasteiger partial charge in [0.15, 0.2) is 0 Å². The van der Waals surface area contributed by atoms with Gasteiger partial charge in [0, 0.05) is 38.2 Å². The van der Waals surface area contributed by atoms with Crippen LogP contribution < -0.4 is 25.0 Å². The van der Waals surface area contributed by atoms with Crippen LogP contribution in [0, 0.1) is 5.92 Å². The monoisotopic (exact) mass is 413 g/mol. The number of carbonyl (C=O) groups excluding carboxylic acids is 1. The lowest BCUT2D eigenvalue weighted by atomic mass is 9.93. The van der Waals surface area contributed by atoms with Crippen LogP contribution in [0.5, 0.6) is 11.5 Å². The summed E-state index contributed by atoms with van der Waals surface area (Å²) in [5.41, 5.74) is 0.658. The van der Waals surface area contributed by atoms with Crippen molar-refractivity contribution in [3.63, 3.8) is 0 Å². The number of carbonyl (C=O) groups is 1. The smallest absolute Gasteiger partial charge is 0.224 e. The first-order valence-corrected chi connectivity index (χ1v) is 10.5. The number of aromatic nitrogens is 2. The maximum atomic E-state index is 12.5. The van der Waals surface area contributed by atoms with Gasteiger partial charge in [0.1, 0.15) is 29.5 Å². The summed E-state index contributed by atoms with van der Waals surface area (Å²) in [4.78, 5) is 23.5. The van der Waals surface area contributed by atoms with Crippen LogP contribution in [0.15, 0.2) is 30.6 Å². The van der Waals surface area contributed by atoms with Gasteiger partial charge in [-0.25, -0.2) is 9.97 Å². The van der Waals surface area contributed by atoms with Crippen molar-refractivity contribution in [2.45, 2.75) is 32.6 Å². The number of rotatable bonds is 9. The molecule has 1 saturated heterocycles. The fourth-order valence-corrected chi connectivity index (χ4v) is 3.76. The molecule has 30 heavy (non-hydrogen) atoms. The van der Waals surface area contributed by atoms with E-state index in [1.54, 1.807) is 38.7 Å². The fraction of sp³-hybridized carbons (Fsp3) is 0.500. The minimum absolute atomic E-state index is 0.00735. The first-order valence-electron chi connectivity index (χ1n) is 10.5. The largest absolute Gasteiger partial charge is 0.497 e. The molecule has 1 amide bonds. The van der Waals surface area contributed by atoms with Gasteiger partial charge in [-0.2, -0.15) is 0 Å². The van der Waals surface area contributed by atoms with Crippen molar-refractivity contribution in [1.82, 2.24) is 9.97 Å². The molecule has 162 valence electrons. The van der Waals surface area contributed by atoms with E-state index in [0.29, 0.717) is 29.5 Å². The molecule has 0 radical (unpaired) electrons. The molecule has 0 aliphatic carbocycles. The Morgan fingerprint density at radius 1 is 1.23 bits per heavy atom. The summed E-state index contributed by atoms with van der Waals surface area (Å²) in [6, 6.07) is 7.36. The van der Waals surface area contributed by atoms with Crippen LogP contribution in [0.1, 0.15) is 32.6 Å². The predicted molar refractivity (Wildman–Crippen MR) is 119 cm³/mol. The van der Waals surface area contributed by atoms with Crippen LogP contribution in [0.25, 0.3) is 0 Å². The average molecular weight is 414 g/mol. The summed E-state index contributed by atoms with van der Waals surface area (Å²) in [6.45, 7) is 4.76. The Bertz CT molecular complexity index is 845. The molecule has 1 unspecified atom stereocenters. The molecule has 1 aliphatic rings. The summed E-state index contributed by atoms with van der Waals surface area (Å²) >= 11 is 0. The first-order chi connectivity index (χ1) is 14.6. The Morgan fingerprint density at radius 2 is 2.10 bits per heavy atom. The van der Waals surface area contributed by atoms with E-state index >= 15 is 0 Å². The highest BCUT2D eigenvalue weighted by Gasteiger charge is 2.22. The summed E-state index contributed by atoms with van der Waals surface area (Å²) in [5.74, 6) is 3.52. The van der Waals surface area contributed by atoms with Gasteiger partial charge in [0.2, 0.25) is 5.91 Å². The van der Waals surface area contributed by atoms with Gasteiger partial charge < -0.3 is 25.0 Å². The number of benzene rings is 1. The van der Waals surface area contributed by atoms with E-state index in [1.165, 1.54) is 0 Å². The summed E-state index contributed by atoms with van der Waals surface area (Å²) in [6.07, 6.45) is 5.14. The number of ether oxygens (including phenoxy) is 2. The summed E-state index contributed by atoms with van der Waals surface area (Å²) in [5, 5.41) is 6.18. The van der Waals surface area contributed by atoms with E-state index in [-0.39, 0.29) is 5.91 Å². The number of hydrogen-bond acceptors (Lipinski definition) is 7. The molecular weight excluding hydrogens is 382 g/mol. The van der Waals surface area contributed by atoms with Gasteiger partial charge in [-0.3, -0.25) is 4.79 Å². The zero-order valence-corrected chi connectivity index (χ0v) is 18.0. The van der Waals surface area contributed by atoms with E-state index in [1.807, 2.05) is 13.0 Å². The molecule has 3 rings (SSSR count). The topological polar surface area (TPSA) is 88.6 Å². The highest BCUT2D eigenvalue weighted by Crippen LogP contribution is 2.30. The number of hydrogen-bond donors (Lipinski definition) is 2. The molecule has 0 saturated carbocycles. The second-order valence-corrected chi connectivity index (χ2v) is 7.40. The third kappa shape index (κ3) is 5.75. The van der Waals surface area contributed by atoms with Gasteiger partial charge in [-0.15, -0.1) is 0 Å². The van der Waals surface area contributed by atoms with E-state index in [4.69, 9.17) is 9.47 Å². The lowest BCUT2D eigenvalue weighted by Crippen LogP contribution is -2.36. The van der Waals surface area contributed by atoms with Gasteiger partial charge >= 0.3 is 0 Å². The van der Waals surface area contributed by atoms with E-state index in [2.05, 4.69) is 25.5 Å². The average Bonchev–Trinajstić information content (AvgIpc) is 2.78. The third-order valence-electron chi connectivity index (χ3n) is 5.32. The zero-order valence-electron chi connectivity index (χ0n) is 18.0. The lowest BCUT2D eigenvalue weighted by molar-refractivity contribution is -0.116. The van der Waals surface area contributed by atoms with Crippen molar-refractivity contribution >= 4 is 23.2 Å². The Labute approximate surface area is 178 Å². The fourth-order valence-electron chi connectivity index (χ4n) is 3.76. The molecule has 0 bridgehead atoms. The Hall–Kier alpha value is -3.03. The van der Waals surface area contributed by atoms with Crippen LogP contribution in [0.2, 0.25) is 0 Å². The summed E-state index contributed by atoms with van der Waals surface area (Å²) < 4.78 is 10.6. The normalized spacial score (nSPS) is 16.1. The highest BCUT2D eigenvalue weighted by molar-refractivity contribution is 5.92. The van der Waals surface area contributed by atoms with E-state index < -0.39 is 0 Å².